The Hall–Kier alpha value is -0.160. The lowest BCUT2D eigenvalue weighted by atomic mass is 9.82. The fourth-order valence-corrected chi connectivity index (χ4v) is 3.39. The summed E-state index contributed by atoms with van der Waals surface area (Å²) < 4.78 is 5.71. The quantitative estimate of drug-likeness (QED) is 0.796. The molecule has 0 aromatic carbocycles. The van der Waals surface area contributed by atoms with Crippen molar-refractivity contribution >= 4 is 0 Å². The van der Waals surface area contributed by atoms with Gasteiger partial charge in [-0.3, -0.25) is 9.80 Å². The Morgan fingerprint density at radius 1 is 1.33 bits per heavy atom. The Kier molecular flexibility index (Phi) is 4.02. The van der Waals surface area contributed by atoms with Crippen molar-refractivity contribution in [3.8, 4) is 0 Å². The maximum absolute atomic E-state index is 6.14. The van der Waals surface area contributed by atoms with Crippen LogP contribution in [0.4, 0.5) is 0 Å². The van der Waals surface area contributed by atoms with Crippen molar-refractivity contribution in [1.82, 2.24) is 9.80 Å². The molecule has 4 heteroatoms. The van der Waals surface area contributed by atoms with E-state index in [-0.39, 0.29) is 11.1 Å². The molecule has 0 spiro atoms. The molecular weight excluding hydrogens is 226 g/mol. The van der Waals surface area contributed by atoms with Crippen molar-refractivity contribution in [2.45, 2.75) is 50.8 Å². The molecule has 2 saturated heterocycles. The van der Waals surface area contributed by atoms with E-state index in [4.69, 9.17) is 10.5 Å². The zero-order valence-electron chi connectivity index (χ0n) is 12.4. The Balaban J connectivity index is 2.13. The first-order valence-corrected chi connectivity index (χ1v) is 7.18. The van der Waals surface area contributed by atoms with Gasteiger partial charge >= 0.3 is 0 Å². The molecule has 2 unspecified atom stereocenters. The van der Waals surface area contributed by atoms with E-state index in [0.29, 0.717) is 6.10 Å². The van der Waals surface area contributed by atoms with E-state index in [2.05, 4.69) is 37.6 Å². The molecule has 2 aliphatic rings. The molecule has 0 aliphatic carbocycles. The van der Waals surface area contributed by atoms with Crippen molar-refractivity contribution in [3.05, 3.63) is 0 Å². The number of hydrogen-bond acceptors (Lipinski definition) is 4. The van der Waals surface area contributed by atoms with Gasteiger partial charge in [-0.25, -0.2) is 0 Å². The van der Waals surface area contributed by atoms with Crippen LogP contribution in [0.1, 0.15) is 33.6 Å². The van der Waals surface area contributed by atoms with Crippen LogP contribution in [-0.4, -0.2) is 66.8 Å². The molecule has 2 fully saturated rings. The molecule has 2 atom stereocenters. The van der Waals surface area contributed by atoms with Gasteiger partial charge in [-0.2, -0.15) is 0 Å². The summed E-state index contributed by atoms with van der Waals surface area (Å²) >= 11 is 0. The number of piperazine rings is 1. The zero-order valence-corrected chi connectivity index (χ0v) is 12.4. The molecule has 106 valence electrons. The monoisotopic (exact) mass is 255 g/mol. The van der Waals surface area contributed by atoms with Crippen molar-refractivity contribution in [3.63, 3.8) is 0 Å². The molecule has 2 aliphatic heterocycles. The smallest absolute Gasteiger partial charge is 0.0565 e. The Bertz CT molecular complexity index is 295. The van der Waals surface area contributed by atoms with Gasteiger partial charge in [0.2, 0.25) is 0 Å². The number of rotatable bonds is 2. The zero-order chi connectivity index (χ0) is 13.4. The van der Waals surface area contributed by atoms with Gasteiger partial charge in [0.15, 0.2) is 0 Å². The number of likely N-dealkylation sites (N-methyl/N-ethyl adjacent to an activating group) is 1. The summed E-state index contributed by atoms with van der Waals surface area (Å²) in [5, 5.41) is 0. The highest BCUT2D eigenvalue weighted by Crippen LogP contribution is 2.33. The summed E-state index contributed by atoms with van der Waals surface area (Å²) in [5.41, 5.74) is 6.54. The summed E-state index contributed by atoms with van der Waals surface area (Å²) in [5.74, 6) is 0. The number of nitrogens with two attached hydrogens (primary N) is 1. The molecule has 2 N–H and O–H groups in total. The van der Waals surface area contributed by atoms with Crippen LogP contribution in [0.2, 0.25) is 0 Å². The predicted octanol–water partition coefficient (Wildman–Crippen LogP) is 0.909. The van der Waals surface area contributed by atoms with Crippen LogP contribution in [0.25, 0.3) is 0 Å². The van der Waals surface area contributed by atoms with E-state index in [0.717, 1.165) is 45.6 Å². The first-order chi connectivity index (χ1) is 8.39. The maximum atomic E-state index is 6.14. The molecule has 18 heavy (non-hydrogen) atoms. The highest BCUT2D eigenvalue weighted by molar-refractivity contribution is 5.01. The van der Waals surface area contributed by atoms with E-state index < -0.39 is 0 Å². The van der Waals surface area contributed by atoms with E-state index >= 15 is 0 Å². The second kappa shape index (κ2) is 5.08. The van der Waals surface area contributed by atoms with E-state index in [1.165, 1.54) is 0 Å². The minimum absolute atomic E-state index is 0.163. The van der Waals surface area contributed by atoms with Gasteiger partial charge in [0, 0.05) is 43.9 Å². The van der Waals surface area contributed by atoms with Crippen LogP contribution in [0.3, 0.4) is 0 Å². The first-order valence-electron chi connectivity index (χ1n) is 7.18. The molecule has 0 saturated carbocycles. The third-order valence-corrected chi connectivity index (χ3v) is 5.00. The van der Waals surface area contributed by atoms with Gasteiger partial charge in [0.05, 0.1) is 6.10 Å². The summed E-state index contributed by atoms with van der Waals surface area (Å²) in [6, 6.07) is 0. The van der Waals surface area contributed by atoms with E-state index in [1.807, 2.05) is 0 Å². The summed E-state index contributed by atoms with van der Waals surface area (Å²) in [6.07, 6.45) is 2.49. The molecule has 0 amide bonds. The molecule has 0 bridgehead atoms. The van der Waals surface area contributed by atoms with Gasteiger partial charge in [-0.15, -0.1) is 0 Å². The Labute approximate surface area is 111 Å². The molecule has 0 aromatic rings. The molecular formula is C14H29N3O. The van der Waals surface area contributed by atoms with Crippen LogP contribution in [0.15, 0.2) is 0 Å². The fourth-order valence-electron chi connectivity index (χ4n) is 3.39. The number of ether oxygens (including phenoxy) is 1. The minimum Gasteiger partial charge on any atom is -0.378 e. The van der Waals surface area contributed by atoms with Gasteiger partial charge in [-0.05, 0) is 40.7 Å². The highest BCUT2D eigenvalue weighted by Gasteiger charge is 2.44. The Morgan fingerprint density at radius 2 is 2.06 bits per heavy atom. The van der Waals surface area contributed by atoms with Crippen LogP contribution in [0, 0.1) is 0 Å². The van der Waals surface area contributed by atoms with E-state index in [1.54, 1.807) is 0 Å². The second-order valence-corrected chi connectivity index (χ2v) is 6.72. The predicted molar refractivity (Wildman–Crippen MR) is 74.7 cm³/mol. The average molecular weight is 255 g/mol. The van der Waals surface area contributed by atoms with Gasteiger partial charge < -0.3 is 10.5 Å². The third-order valence-electron chi connectivity index (χ3n) is 5.00. The van der Waals surface area contributed by atoms with Gasteiger partial charge in [-0.1, -0.05) is 0 Å². The normalized spacial score (nSPS) is 38.8. The summed E-state index contributed by atoms with van der Waals surface area (Å²) in [4.78, 5) is 5.09. The average Bonchev–Trinajstić information content (AvgIpc) is 2.32. The van der Waals surface area contributed by atoms with Crippen LogP contribution in [0.5, 0.6) is 0 Å². The van der Waals surface area contributed by atoms with Crippen molar-refractivity contribution < 1.29 is 4.74 Å². The molecule has 0 radical (unpaired) electrons. The maximum Gasteiger partial charge on any atom is 0.0565 e. The van der Waals surface area contributed by atoms with Gasteiger partial charge in [0.25, 0.3) is 0 Å². The van der Waals surface area contributed by atoms with E-state index in [9.17, 15) is 0 Å². The van der Waals surface area contributed by atoms with Crippen LogP contribution < -0.4 is 5.73 Å². The standard InChI is InChI=1S/C14H29N3O/c1-12-9-14(10-15,5-8-18-12)17-7-6-16(4)13(2,3)11-17/h12H,5-11,15H2,1-4H3. The van der Waals surface area contributed by atoms with Crippen molar-refractivity contribution in [1.29, 1.82) is 0 Å². The number of hydrogen-bond donors (Lipinski definition) is 1. The lowest BCUT2D eigenvalue weighted by Gasteiger charge is -2.54. The molecule has 2 rings (SSSR count). The summed E-state index contributed by atoms with van der Waals surface area (Å²) in [6.45, 7) is 11.8. The minimum atomic E-state index is 0.163. The first kappa shape index (κ1) is 14.3. The van der Waals surface area contributed by atoms with Crippen molar-refractivity contribution in [2.24, 2.45) is 5.73 Å². The molecule has 4 nitrogen and oxygen atoms in total. The lowest BCUT2D eigenvalue weighted by Crippen LogP contribution is -2.67. The second-order valence-electron chi connectivity index (χ2n) is 6.72. The topological polar surface area (TPSA) is 41.7 Å². The Morgan fingerprint density at radius 3 is 2.61 bits per heavy atom. The SMILES string of the molecule is CC1CC(CN)(N2CCN(C)C(C)(C)C2)CCO1. The van der Waals surface area contributed by atoms with Crippen LogP contribution >= 0.6 is 0 Å². The number of nitrogens with zero attached hydrogens (tertiary/aromatic N) is 2. The summed E-state index contributed by atoms with van der Waals surface area (Å²) in [7, 11) is 2.22. The molecule has 2 heterocycles. The third kappa shape index (κ3) is 2.57. The highest BCUT2D eigenvalue weighted by atomic mass is 16.5. The fraction of sp³-hybridized carbons (Fsp3) is 1.00. The lowest BCUT2D eigenvalue weighted by molar-refractivity contribution is -0.0936. The van der Waals surface area contributed by atoms with Gasteiger partial charge in [0.1, 0.15) is 0 Å². The largest absolute Gasteiger partial charge is 0.378 e. The van der Waals surface area contributed by atoms with Crippen molar-refractivity contribution in [2.75, 3.05) is 39.8 Å². The molecule has 0 aromatic heterocycles. The van der Waals surface area contributed by atoms with Crippen LogP contribution in [-0.2, 0) is 4.74 Å².